The summed E-state index contributed by atoms with van der Waals surface area (Å²) in [6, 6.07) is 20.2. The highest BCUT2D eigenvalue weighted by atomic mass is 16.3. The van der Waals surface area contributed by atoms with Gasteiger partial charge in [0.15, 0.2) is 0 Å². The molecule has 4 rings (SSSR count). The fraction of sp³-hybridized carbons (Fsp3) is 0.0556. The number of hydrogen-bond donors (Lipinski definition) is 2. The minimum atomic E-state index is -0.0451. The number of benzene rings is 2. The molecule has 4 aromatic rings. The second-order valence-electron chi connectivity index (χ2n) is 5.07. The molecule has 0 fully saturated rings. The van der Waals surface area contributed by atoms with Crippen LogP contribution >= 0.6 is 0 Å². The summed E-state index contributed by atoms with van der Waals surface area (Å²) in [7, 11) is 0. The molecule has 0 spiro atoms. The number of aliphatic hydroxyl groups excluding tert-OH is 1. The van der Waals surface area contributed by atoms with Crippen molar-refractivity contribution in [3.63, 3.8) is 0 Å². The van der Waals surface area contributed by atoms with Gasteiger partial charge in [-0.15, -0.1) is 0 Å². The minimum Gasteiger partial charge on any atom is -0.390 e. The van der Waals surface area contributed by atoms with Crippen LogP contribution in [0.4, 0.5) is 0 Å². The second kappa shape index (κ2) is 4.72. The number of nitrogens with zero attached hydrogens (tertiary/aromatic N) is 1. The van der Waals surface area contributed by atoms with Crippen LogP contribution in [0.15, 0.2) is 60.7 Å². The first-order valence-corrected chi connectivity index (χ1v) is 6.93. The number of aromatic nitrogens is 2. The largest absolute Gasteiger partial charge is 0.390 e. The van der Waals surface area contributed by atoms with E-state index in [1.807, 2.05) is 36.4 Å². The Bertz CT molecular complexity index is 940. The molecule has 0 atom stereocenters. The smallest absolute Gasteiger partial charge is 0.0853 e. The minimum absolute atomic E-state index is 0.0451. The molecule has 0 aliphatic heterocycles. The highest BCUT2D eigenvalue weighted by Gasteiger charge is 2.10. The standard InChI is InChI=1S/C18H14N2O/c21-11-12-5-3-10-17(19-12)15-8-4-7-14-13-6-1-2-9-16(13)20-18(14)15/h1-10,20-21H,11H2. The Morgan fingerprint density at radius 2 is 1.67 bits per heavy atom. The third-order valence-corrected chi connectivity index (χ3v) is 3.79. The van der Waals surface area contributed by atoms with E-state index in [4.69, 9.17) is 0 Å². The first kappa shape index (κ1) is 12.1. The summed E-state index contributed by atoms with van der Waals surface area (Å²) in [5.74, 6) is 0. The number of para-hydroxylation sites is 2. The van der Waals surface area contributed by atoms with Crippen LogP contribution in [-0.2, 0) is 6.61 Å². The van der Waals surface area contributed by atoms with E-state index in [0.717, 1.165) is 22.3 Å². The van der Waals surface area contributed by atoms with Gasteiger partial charge in [0, 0.05) is 21.9 Å². The molecule has 21 heavy (non-hydrogen) atoms. The molecule has 0 aliphatic rings. The Morgan fingerprint density at radius 3 is 2.57 bits per heavy atom. The molecule has 2 aromatic carbocycles. The summed E-state index contributed by atoms with van der Waals surface area (Å²) >= 11 is 0. The number of nitrogens with one attached hydrogen (secondary N) is 1. The van der Waals surface area contributed by atoms with Crippen LogP contribution in [0.2, 0.25) is 0 Å². The normalized spacial score (nSPS) is 11.3. The summed E-state index contributed by atoms with van der Waals surface area (Å²) in [6.45, 7) is -0.0451. The van der Waals surface area contributed by atoms with Gasteiger partial charge in [0.2, 0.25) is 0 Å². The predicted octanol–water partition coefficient (Wildman–Crippen LogP) is 3.88. The van der Waals surface area contributed by atoms with Crippen LogP contribution in [0.5, 0.6) is 0 Å². The number of H-pyrrole nitrogens is 1. The van der Waals surface area contributed by atoms with Gasteiger partial charge in [-0.3, -0.25) is 4.98 Å². The number of fused-ring (bicyclic) bond motifs is 3. The molecule has 3 nitrogen and oxygen atoms in total. The first-order valence-electron chi connectivity index (χ1n) is 6.93. The Labute approximate surface area is 121 Å². The predicted molar refractivity (Wildman–Crippen MR) is 85.0 cm³/mol. The van der Waals surface area contributed by atoms with E-state index in [9.17, 15) is 5.11 Å². The van der Waals surface area contributed by atoms with Crippen molar-refractivity contribution in [1.82, 2.24) is 9.97 Å². The van der Waals surface area contributed by atoms with Gasteiger partial charge in [0.05, 0.1) is 23.5 Å². The number of aromatic amines is 1. The lowest BCUT2D eigenvalue weighted by Gasteiger charge is -2.04. The van der Waals surface area contributed by atoms with E-state index in [0.29, 0.717) is 5.69 Å². The Balaban J connectivity index is 2.04. The lowest BCUT2D eigenvalue weighted by atomic mass is 10.1. The van der Waals surface area contributed by atoms with Gasteiger partial charge in [-0.25, -0.2) is 0 Å². The van der Waals surface area contributed by atoms with Gasteiger partial charge in [0.25, 0.3) is 0 Å². The van der Waals surface area contributed by atoms with Crippen molar-refractivity contribution in [2.24, 2.45) is 0 Å². The monoisotopic (exact) mass is 274 g/mol. The number of hydrogen-bond acceptors (Lipinski definition) is 2. The van der Waals surface area contributed by atoms with Gasteiger partial charge in [0.1, 0.15) is 0 Å². The van der Waals surface area contributed by atoms with Crippen LogP contribution in [-0.4, -0.2) is 15.1 Å². The van der Waals surface area contributed by atoms with Crippen LogP contribution < -0.4 is 0 Å². The van der Waals surface area contributed by atoms with Crippen molar-refractivity contribution >= 4 is 21.8 Å². The molecule has 3 heteroatoms. The van der Waals surface area contributed by atoms with E-state index in [2.05, 4.69) is 34.2 Å². The Morgan fingerprint density at radius 1 is 0.857 bits per heavy atom. The van der Waals surface area contributed by atoms with Crippen molar-refractivity contribution < 1.29 is 5.11 Å². The molecule has 0 amide bonds. The highest BCUT2D eigenvalue weighted by molar-refractivity contribution is 6.11. The quantitative estimate of drug-likeness (QED) is 0.583. The molecular weight excluding hydrogens is 260 g/mol. The van der Waals surface area contributed by atoms with Crippen molar-refractivity contribution in [3.8, 4) is 11.3 Å². The summed E-state index contributed by atoms with van der Waals surface area (Å²) in [6.07, 6.45) is 0. The summed E-state index contributed by atoms with van der Waals surface area (Å²) in [5.41, 5.74) is 4.82. The zero-order valence-electron chi connectivity index (χ0n) is 11.4. The van der Waals surface area contributed by atoms with Gasteiger partial charge in [-0.05, 0) is 18.2 Å². The number of aliphatic hydroxyl groups is 1. The van der Waals surface area contributed by atoms with E-state index in [-0.39, 0.29) is 6.61 Å². The average Bonchev–Trinajstić information content (AvgIpc) is 2.93. The molecule has 2 aromatic heterocycles. The van der Waals surface area contributed by atoms with Crippen molar-refractivity contribution in [2.45, 2.75) is 6.61 Å². The topological polar surface area (TPSA) is 48.9 Å². The molecule has 2 heterocycles. The van der Waals surface area contributed by atoms with Crippen molar-refractivity contribution in [3.05, 3.63) is 66.4 Å². The summed E-state index contributed by atoms with van der Waals surface area (Å²) in [4.78, 5) is 7.99. The Hall–Kier alpha value is -2.65. The summed E-state index contributed by atoms with van der Waals surface area (Å²) < 4.78 is 0. The maximum atomic E-state index is 9.27. The zero-order valence-corrected chi connectivity index (χ0v) is 11.4. The van der Waals surface area contributed by atoms with Gasteiger partial charge in [-0.2, -0.15) is 0 Å². The van der Waals surface area contributed by atoms with Crippen molar-refractivity contribution in [1.29, 1.82) is 0 Å². The SMILES string of the molecule is OCc1cccc(-c2cccc3c2[nH]c2ccccc23)n1. The third-order valence-electron chi connectivity index (χ3n) is 3.79. The molecule has 102 valence electrons. The van der Waals surface area contributed by atoms with Crippen LogP contribution in [0, 0.1) is 0 Å². The third kappa shape index (κ3) is 1.90. The summed E-state index contributed by atoms with van der Waals surface area (Å²) in [5, 5.41) is 11.7. The zero-order chi connectivity index (χ0) is 14.2. The van der Waals surface area contributed by atoms with Crippen LogP contribution in [0.1, 0.15) is 5.69 Å². The Kier molecular flexibility index (Phi) is 2.72. The molecule has 0 aliphatic carbocycles. The van der Waals surface area contributed by atoms with Gasteiger partial charge < -0.3 is 10.1 Å². The van der Waals surface area contributed by atoms with E-state index in [1.165, 1.54) is 10.8 Å². The van der Waals surface area contributed by atoms with Crippen LogP contribution in [0.25, 0.3) is 33.1 Å². The van der Waals surface area contributed by atoms with Gasteiger partial charge >= 0.3 is 0 Å². The molecule has 0 saturated heterocycles. The maximum Gasteiger partial charge on any atom is 0.0853 e. The first-order chi connectivity index (χ1) is 10.4. The lowest BCUT2D eigenvalue weighted by molar-refractivity contribution is 0.277. The fourth-order valence-electron chi connectivity index (χ4n) is 2.80. The van der Waals surface area contributed by atoms with Gasteiger partial charge in [-0.1, -0.05) is 42.5 Å². The molecular formula is C18H14N2O. The van der Waals surface area contributed by atoms with E-state index >= 15 is 0 Å². The lowest BCUT2D eigenvalue weighted by Crippen LogP contribution is -1.91. The van der Waals surface area contributed by atoms with E-state index < -0.39 is 0 Å². The highest BCUT2D eigenvalue weighted by Crippen LogP contribution is 2.32. The average molecular weight is 274 g/mol. The fourth-order valence-corrected chi connectivity index (χ4v) is 2.80. The maximum absolute atomic E-state index is 9.27. The molecule has 0 bridgehead atoms. The van der Waals surface area contributed by atoms with E-state index in [1.54, 1.807) is 0 Å². The molecule has 0 radical (unpaired) electrons. The van der Waals surface area contributed by atoms with Crippen LogP contribution in [0.3, 0.4) is 0 Å². The number of rotatable bonds is 2. The molecule has 0 unspecified atom stereocenters. The molecule has 2 N–H and O–H groups in total. The second-order valence-corrected chi connectivity index (χ2v) is 5.07. The number of pyridine rings is 1. The van der Waals surface area contributed by atoms with Crippen molar-refractivity contribution in [2.75, 3.05) is 0 Å². The molecule has 0 saturated carbocycles.